The van der Waals surface area contributed by atoms with Gasteiger partial charge in [-0.25, -0.2) is 5.48 Å². The van der Waals surface area contributed by atoms with Crippen LogP contribution in [0.3, 0.4) is 0 Å². The first-order chi connectivity index (χ1) is 13.3. The Morgan fingerprint density at radius 1 is 1.25 bits per heavy atom. The third kappa shape index (κ3) is 5.10. The van der Waals surface area contributed by atoms with Crippen molar-refractivity contribution in [1.82, 2.24) is 15.7 Å². The smallest absolute Gasteiger partial charge is 0.244 e. The van der Waals surface area contributed by atoms with Gasteiger partial charge in [-0.15, -0.1) is 0 Å². The summed E-state index contributed by atoms with van der Waals surface area (Å²) in [4.78, 5) is 39.4. The number of nitrogens with zero attached hydrogens (tertiary/aromatic N) is 1. The summed E-state index contributed by atoms with van der Waals surface area (Å²) < 4.78 is 0. The van der Waals surface area contributed by atoms with Gasteiger partial charge in [0.2, 0.25) is 17.7 Å². The normalized spacial score (nSPS) is 20.3. The molecule has 3 N–H and O–H groups in total. The van der Waals surface area contributed by atoms with Crippen LogP contribution in [-0.2, 0) is 20.8 Å². The number of aryl methyl sites for hydroxylation is 1. The molecular formula is C21H31N3O4. The molecule has 1 aliphatic heterocycles. The summed E-state index contributed by atoms with van der Waals surface area (Å²) in [6.07, 6.45) is 2.15. The zero-order valence-electron chi connectivity index (χ0n) is 16.9. The van der Waals surface area contributed by atoms with Crippen molar-refractivity contribution in [2.24, 2.45) is 11.3 Å². The fraction of sp³-hybridized carbons (Fsp3) is 0.571. The third-order valence-electron chi connectivity index (χ3n) is 5.44. The number of amides is 3. The molecule has 7 nitrogen and oxygen atoms in total. The number of carbonyl (C=O) groups excluding carboxylic acids is 3. The standard InChI is InChI=1S/C21H31N3O4/c1-15(2)13-21(14-18(25)23-28)11-12-24(20(21)27)17(19(26)22-3)10-9-16-7-5-4-6-8-16/h4-8,15,17,28H,9-14H2,1-3H3,(H,22,26)(H,23,25)/t17-,21-/m1/s1. The van der Waals surface area contributed by atoms with Gasteiger partial charge in [0.15, 0.2) is 0 Å². The lowest BCUT2D eigenvalue weighted by atomic mass is 9.75. The van der Waals surface area contributed by atoms with Crippen molar-refractivity contribution < 1.29 is 19.6 Å². The molecule has 0 radical (unpaired) electrons. The second-order valence-electron chi connectivity index (χ2n) is 7.99. The van der Waals surface area contributed by atoms with Crippen molar-refractivity contribution in [1.29, 1.82) is 0 Å². The fourth-order valence-electron chi connectivity index (χ4n) is 4.24. The van der Waals surface area contributed by atoms with Gasteiger partial charge in [-0.05, 0) is 37.2 Å². The lowest BCUT2D eigenvalue weighted by Gasteiger charge is -2.31. The topological polar surface area (TPSA) is 98.7 Å². The van der Waals surface area contributed by atoms with E-state index < -0.39 is 17.4 Å². The largest absolute Gasteiger partial charge is 0.357 e. The number of hydroxylamine groups is 1. The highest BCUT2D eigenvalue weighted by atomic mass is 16.5. The number of benzene rings is 1. The highest BCUT2D eigenvalue weighted by Gasteiger charge is 2.50. The van der Waals surface area contributed by atoms with Crippen molar-refractivity contribution in [3.63, 3.8) is 0 Å². The zero-order valence-corrected chi connectivity index (χ0v) is 16.9. The van der Waals surface area contributed by atoms with Gasteiger partial charge >= 0.3 is 0 Å². The number of likely N-dealkylation sites (tertiary alicyclic amines) is 1. The summed E-state index contributed by atoms with van der Waals surface area (Å²) in [7, 11) is 1.57. The van der Waals surface area contributed by atoms with Crippen molar-refractivity contribution >= 4 is 17.7 Å². The minimum absolute atomic E-state index is 0.0733. The number of carbonyl (C=O) groups is 3. The molecule has 1 saturated heterocycles. The summed E-state index contributed by atoms with van der Waals surface area (Å²) in [5, 5.41) is 11.6. The van der Waals surface area contributed by atoms with Crippen molar-refractivity contribution in [2.45, 2.75) is 52.0 Å². The van der Waals surface area contributed by atoms with E-state index >= 15 is 0 Å². The Bertz CT molecular complexity index is 692. The number of rotatable bonds is 9. The van der Waals surface area contributed by atoms with Crippen LogP contribution in [0, 0.1) is 11.3 Å². The van der Waals surface area contributed by atoms with Crippen LogP contribution in [0.25, 0.3) is 0 Å². The van der Waals surface area contributed by atoms with E-state index in [9.17, 15) is 14.4 Å². The molecule has 1 aliphatic rings. The Hall–Kier alpha value is -2.41. The summed E-state index contributed by atoms with van der Waals surface area (Å²) in [6, 6.07) is 9.27. The minimum Gasteiger partial charge on any atom is -0.357 e. The van der Waals surface area contributed by atoms with Gasteiger partial charge in [0.05, 0.1) is 5.41 Å². The molecule has 7 heteroatoms. The van der Waals surface area contributed by atoms with E-state index in [-0.39, 0.29) is 24.2 Å². The van der Waals surface area contributed by atoms with Crippen LogP contribution in [0.4, 0.5) is 0 Å². The molecule has 0 saturated carbocycles. The Balaban J connectivity index is 2.22. The Kier molecular flexibility index (Phi) is 7.57. The number of likely N-dealkylation sites (N-methyl/N-ethyl adjacent to an activating group) is 1. The molecule has 154 valence electrons. The highest BCUT2D eigenvalue weighted by molar-refractivity contribution is 5.94. The van der Waals surface area contributed by atoms with E-state index in [2.05, 4.69) is 5.32 Å². The molecule has 1 aromatic rings. The van der Waals surface area contributed by atoms with Crippen LogP contribution in [0.2, 0.25) is 0 Å². The monoisotopic (exact) mass is 389 g/mol. The maximum Gasteiger partial charge on any atom is 0.244 e. The summed E-state index contributed by atoms with van der Waals surface area (Å²) in [6.45, 7) is 4.43. The van der Waals surface area contributed by atoms with Crippen LogP contribution in [-0.4, -0.2) is 47.5 Å². The molecule has 1 fully saturated rings. The molecular weight excluding hydrogens is 358 g/mol. The van der Waals surface area contributed by atoms with E-state index in [0.717, 1.165) is 5.56 Å². The zero-order chi connectivity index (χ0) is 20.7. The van der Waals surface area contributed by atoms with Gasteiger partial charge in [0.25, 0.3) is 0 Å². The molecule has 2 rings (SSSR count). The average Bonchev–Trinajstić information content (AvgIpc) is 2.98. The molecule has 0 bridgehead atoms. The van der Waals surface area contributed by atoms with Crippen LogP contribution < -0.4 is 10.8 Å². The Morgan fingerprint density at radius 2 is 1.93 bits per heavy atom. The van der Waals surface area contributed by atoms with Gasteiger partial charge < -0.3 is 10.2 Å². The maximum atomic E-state index is 13.4. The number of hydrogen-bond donors (Lipinski definition) is 3. The summed E-state index contributed by atoms with van der Waals surface area (Å²) in [5.74, 6) is -0.738. The molecule has 0 aliphatic carbocycles. The molecule has 2 atom stereocenters. The predicted molar refractivity (Wildman–Crippen MR) is 105 cm³/mol. The van der Waals surface area contributed by atoms with Crippen LogP contribution in [0.15, 0.2) is 30.3 Å². The first kappa shape index (κ1) is 21.9. The van der Waals surface area contributed by atoms with Gasteiger partial charge in [-0.3, -0.25) is 19.6 Å². The van der Waals surface area contributed by atoms with Crippen LogP contribution in [0.5, 0.6) is 0 Å². The van der Waals surface area contributed by atoms with Gasteiger partial charge in [-0.2, -0.15) is 0 Å². The summed E-state index contributed by atoms with van der Waals surface area (Å²) >= 11 is 0. The molecule has 0 spiro atoms. The molecule has 28 heavy (non-hydrogen) atoms. The van der Waals surface area contributed by atoms with E-state index in [0.29, 0.717) is 32.2 Å². The van der Waals surface area contributed by atoms with Gasteiger partial charge in [0, 0.05) is 20.0 Å². The van der Waals surface area contributed by atoms with Crippen LogP contribution >= 0.6 is 0 Å². The molecule has 1 aromatic carbocycles. The molecule has 0 unspecified atom stereocenters. The lowest BCUT2D eigenvalue weighted by molar-refractivity contribution is -0.147. The Morgan fingerprint density at radius 3 is 2.50 bits per heavy atom. The fourth-order valence-corrected chi connectivity index (χ4v) is 4.24. The van der Waals surface area contributed by atoms with Gasteiger partial charge in [0.1, 0.15) is 6.04 Å². The van der Waals surface area contributed by atoms with Crippen molar-refractivity contribution in [3.8, 4) is 0 Å². The third-order valence-corrected chi connectivity index (χ3v) is 5.44. The molecule has 0 aromatic heterocycles. The van der Waals surface area contributed by atoms with E-state index in [4.69, 9.17) is 5.21 Å². The summed E-state index contributed by atoms with van der Waals surface area (Å²) in [5.41, 5.74) is 1.88. The van der Waals surface area contributed by atoms with E-state index in [1.54, 1.807) is 17.4 Å². The minimum atomic E-state index is -0.875. The van der Waals surface area contributed by atoms with Crippen molar-refractivity contribution in [2.75, 3.05) is 13.6 Å². The lowest BCUT2D eigenvalue weighted by Crippen LogP contribution is -2.49. The van der Waals surface area contributed by atoms with E-state index in [1.807, 2.05) is 44.2 Å². The van der Waals surface area contributed by atoms with Gasteiger partial charge in [-0.1, -0.05) is 44.2 Å². The molecule has 3 amide bonds. The van der Waals surface area contributed by atoms with Crippen LogP contribution in [0.1, 0.15) is 45.1 Å². The first-order valence-corrected chi connectivity index (χ1v) is 9.82. The second-order valence-corrected chi connectivity index (χ2v) is 7.99. The highest BCUT2D eigenvalue weighted by Crippen LogP contribution is 2.42. The number of hydrogen-bond acceptors (Lipinski definition) is 4. The molecule has 1 heterocycles. The van der Waals surface area contributed by atoms with E-state index in [1.165, 1.54) is 0 Å². The number of nitrogens with one attached hydrogen (secondary N) is 2. The quantitative estimate of drug-likeness (QED) is 0.444. The Labute approximate surface area is 166 Å². The maximum absolute atomic E-state index is 13.4. The first-order valence-electron chi connectivity index (χ1n) is 9.82. The predicted octanol–water partition coefficient (Wildman–Crippen LogP) is 1.89. The SMILES string of the molecule is CNC(=O)[C@@H](CCc1ccccc1)N1CC[C@](CC(=O)NO)(CC(C)C)C1=O. The average molecular weight is 389 g/mol. The van der Waals surface area contributed by atoms with Crippen molar-refractivity contribution in [3.05, 3.63) is 35.9 Å². The second kappa shape index (κ2) is 9.68.